The summed E-state index contributed by atoms with van der Waals surface area (Å²) in [4.78, 5) is 2.52. The maximum atomic E-state index is 9.21. The van der Waals surface area contributed by atoms with Gasteiger partial charge in [0.05, 0.1) is 11.5 Å². The van der Waals surface area contributed by atoms with Crippen LogP contribution in [0.4, 0.5) is 0 Å². The zero-order valence-corrected chi connectivity index (χ0v) is 10.1. The Labute approximate surface area is 93.3 Å². The van der Waals surface area contributed by atoms with Crippen molar-refractivity contribution in [1.82, 2.24) is 4.90 Å². The van der Waals surface area contributed by atoms with E-state index in [0.717, 1.165) is 19.4 Å². The third kappa shape index (κ3) is 2.03. The second-order valence-corrected chi connectivity index (χ2v) is 5.87. The van der Waals surface area contributed by atoms with E-state index in [1.165, 1.54) is 32.4 Å². The Hall–Kier alpha value is -0.550. The number of nitrogens with zero attached hydrogens (tertiary/aromatic N) is 2. The minimum atomic E-state index is 0.0268. The van der Waals surface area contributed by atoms with Crippen molar-refractivity contribution in [2.45, 2.75) is 46.0 Å². The highest BCUT2D eigenvalue weighted by Crippen LogP contribution is 2.43. The van der Waals surface area contributed by atoms with Crippen molar-refractivity contribution in [3.8, 4) is 6.07 Å². The molecule has 2 nitrogen and oxygen atoms in total. The van der Waals surface area contributed by atoms with Crippen molar-refractivity contribution in [2.75, 3.05) is 19.6 Å². The van der Waals surface area contributed by atoms with Crippen LogP contribution < -0.4 is 0 Å². The van der Waals surface area contributed by atoms with Crippen LogP contribution >= 0.6 is 0 Å². The SMILES string of the molecule is CCC1(C)CCN(CC2(C#N)CCC2)C1. The van der Waals surface area contributed by atoms with Gasteiger partial charge in [0, 0.05) is 13.1 Å². The molecule has 0 amide bonds. The van der Waals surface area contributed by atoms with Crippen LogP contribution in [0.1, 0.15) is 46.0 Å². The predicted octanol–water partition coefficient (Wildman–Crippen LogP) is 2.80. The number of hydrogen-bond donors (Lipinski definition) is 0. The molecule has 0 aromatic heterocycles. The lowest BCUT2D eigenvalue weighted by Crippen LogP contribution is -2.41. The van der Waals surface area contributed by atoms with E-state index in [9.17, 15) is 5.26 Å². The fraction of sp³-hybridized carbons (Fsp3) is 0.923. The molecule has 1 saturated heterocycles. The van der Waals surface area contributed by atoms with E-state index in [0.29, 0.717) is 5.41 Å². The van der Waals surface area contributed by atoms with Gasteiger partial charge in [0.15, 0.2) is 0 Å². The first-order chi connectivity index (χ1) is 7.11. The molecule has 84 valence electrons. The summed E-state index contributed by atoms with van der Waals surface area (Å²) in [5.74, 6) is 0. The van der Waals surface area contributed by atoms with Gasteiger partial charge in [0.25, 0.3) is 0 Å². The number of nitriles is 1. The summed E-state index contributed by atoms with van der Waals surface area (Å²) in [6.45, 7) is 8.10. The minimum Gasteiger partial charge on any atom is -0.301 e. The van der Waals surface area contributed by atoms with Crippen molar-refractivity contribution in [1.29, 1.82) is 5.26 Å². The van der Waals surface area contributed by atoms with Crippen molar-refractivity contribution < 1.29 is 0 Å². The molecule has 1 atom stereocenters. The molecule has 1 aliphatic carbocycles. The fourth-order valence-corrected chi connectivity index (χ4v) is 2.89. The summed E-state index contributed by atoms with van der Waals surface area (Å²) in [5, 5.41) is 9.21. The normalized spacial score (nSPS) is 34.7. The van der Waals surface area contributed by atoms with E-state index in [4.69, 9.17) is 0 Å². The quantitative estimate of drug-likeness (QED) is 0.710. The van der Waals surface area contributed by atoms with Crippen LogP contribution in [-0.4, -0.2) is 24.5 Å². The molecule has 2 heteroatoms. The van der Waals surface area contributed by atoms with Crippen LogP contribution in [0.3, 0.4) is 0 Å². The standard InChI is InChI=1S/C13H22N2/c1-3-12(2)7-8-15(10-12)11-13(9-14)5-4-6-13/h3-8,10-11H2,1-2H3. The Kier molecular flexibility index (Phi) is 2.77. The van der Waals surface area contributed by atoms with E-state index in [2.05, 4.69) is 24.8 Å². The third-order valence-electron chi connectivity index (χ3n) is 4.56. The molecule has 0 aromatic rings. The minimum absolute atomic E-state index is 0.0268. The Bertz CT molecular complexity index is 275. The molecule has 2 rings (SSSR count). The lowest BCUT2D eigenvalue weighted by Gasteiger charge is -2.38. The molecular formula is C13H22N2. The zero-order chi connectivity index (χ0) is 10.9. The van der Waals surface area contributed by atoms with E-state index in [1.54, 1.807) is 0 Å². The molecule has 0 spiro atoms. The van der Waals surface area contributed by atoms with E-state index in [1.807, 2.05) is 0 Å². The summed E-state index contributed by atoms with van der Waals surface area (Å²) in [6, 6.07) is 2.55. The van der Waals surface area contributed by atoms with Gasteiger partial charge < -0.3 is 4.90 Å². The summed E-state index contributed by atoms with van der Waals surface area (Å²) < 4.78 is 0. The van der Waals surface area contributed by atoms with Crippen molar-refractivity contribution in [2.24, 2.45) is 10.8 Å². The highest BCUT2D eigenvalue weighted by Gasteiger charge is 2.41. The summed E-state index contributed by atoms with van der Waals surface area (Å²) in [5.41, 5.74) is 0.541. The van der Waals surface area contributed by atoms with Gasteiger partial charge in [-0.2, -0.15) is 5.26 Å². The largest absolute Gasteiger partial charge is 0.301 e. The summed E-state index contributed by atoms with van der Waals surface area (Å²) in [7, 11) is 0. The molecule has 2 fully saturated rings. The average molecular weight is 206 g/mol. The predicted molar refractivity (Wildman–Crippen MR) is 61.4 cm³/mol. The third-order valence-corrected chi connectivity index (χ3v) is 4.56. The van der Waals surface area contributed by atoms with Crippen molar-refractivity contribution >= 4 is 0 Å². The van der Waals surface area contributed by atoms with Gasteiger partial charge in [0.2, 0.25) is 0 Å². The zero-order valence-electron chi connectivity index (χ0n) is 10.1. The molecule has 0 N–H and O–H groups in total. The molecule has 1 heterocycles. The molecule has 15 heavy (non-hydrogen) atoms. The number of hydrogen-bond acceptors (Lipinski definition) is 2. The highest BCUT2D eigenvalue weighted by molar-refractivity contribution is 5.07. The molecule has 0 radical (unpaired) electrons. The first-order valence-electron chi connectivity index (χ1n) is 6.25. The van der Waals surface area contributed by atoms with Crippen LogP contribution in [0.2, 0.25) is 0 Å². The van der Waals surface area contributed by atoms with Crippen LogP contribution in [0.25, 0.3) is 0 Å². The first kappa shape index (κ1) is 11.0. The Balaban J connectivity index is 1.90. The second-order valence-electron chi connectivity index (χ2n) is 5.87. The molecular weight excluding hydrogens is 184 g/mol. The van der Waals surface area contributed by atoms with Gasteiger partial charge in [-0.25, -0.2) is 0 Å². The molecule has 1 unspecified atom stereocenters. The fourth-order valence-electron chi connectivity index (χ4n) is 2.89. The van der Waals surface area contributed by atoms with Gasteiger partial charge in [0.1, 0.15) is 0 Å². The second kappa shape index (κ2) is 3.79. The van der Waals surface area contributed by atoms with Crippen LogP contribution in [0.5, 0.6) is 0 Å². The molecule has 0 aromatic carbocycles. The summed E-state index contributed by atoms with van der Waals surface area (Å²) in [6.07, 6.45) is 6.09. The number of likely N-dealkylation sites (tertiary alicyclic amines) is 1. The maximum absolute atomic E-state index is 9.21. The Morgan fingerprint density at radius 2 is 2.07 bits per heavy atom. The Morgan fingerprint density at radius 3 is 2.47 bits per heavy atom. The van der Waals surface area contributed by atoms with Crippen molar-refractivity contribution in [3.05, 3.63) is 0 Å². The van der Waals surface area contributed by atoms with E-state index < -0.39 is 0 Å². The topological polar surface area (TPSA) is 27.0 Å². The van der Waals surface area contributed by atoms with Gasteiger partial charge in [-0.3, -0.25) is 0 Å². The lowest BCUT2D eigenvalue weighted by molar-refractivity contribution is 0.128. The van der Waals surface area contributed by atoms with E-state index in [-0.39, 0.29) is 5.41 Å². The molecule has 1 aliphatic heterocycles. The molecule has 2 aliphatic rings. The van der Waals surface area contributed by atoms with Crippen LogP contribution in [0, 0.1) is 22.2 Å². The monoisotopic (exact) mass is 206 g/mol. The first-order valence-corrected chi connectivity index (χ1v) is 6.25. The summed E-state index contributed by atoms with van der Waals surface area (Å²) >= 11 is 0. The smallest absolute Gasteiger partial charge is 0.0703 e. The van der Waals surface area contributed by atoms with Crippen LogP contribution in [-0.2, 0) is 0 Å². The van der Waals surface area contributed by atoms with Gasteiger partial charge in [-0.15, -0.1) is 0 Å². The van der Waals surface area contributed by atoms with Gasteiger partial charge >= 0.3 is 0 Å². The maximum Gasteiger partial charge on any atom is 0.0703 e. The van der Waals surface area contributed by atoms with Gasteiger partial charge in [-0.05, 0) is 37.6 Å². The van der Waals surface area contributed by atoms with Gasteiger partial charge in [-0.1, -0.05) is 20.3 Å². The molecule has 1 saturated carbocycles. The van der Waals surface area contributed by atoms with Crippen LogP contribution in [0.15, 0.2) is 0 Å². The van der Waals surface area contributed by atoms with E-state index >= 15 is 0 Å². The Morgan fingerprint density at radius 1 is 1.33 bits per heavy atom. The average Bonchev–Trinajstić information content (AvgIpc) is 2.55. The number of rotatable bonds is 3. The molecule has 0 bridgehead atoms. The van der Waals surface area contributed by atoms with Crippen molar-refractivity contribution in [3.63, 3.8) is 0 Å². The highest BCUT2D eigenvalue weighted by atomic mass is 15.2. The lowest BCUT2D eigenvalue weighted by atomic mass is 9.69.